The second kappa shape index (κ2) is 7.94. The van der Waals surface area contributed by atoms with Crippen LogP contribution in [0.1, 0.15) is 33.6 Å². The Morgan fingerprint density at radius 2 is 1.73 bits per heavy atom. The number of fused-ring (bicyclic) bond motifs is 1. The van der Waals surface area contributed by atoms with Crippen LogP contribution in [0.4, 0.5) is 0 Å². The summed E-state index contributed by atoms with van der Waals surface area (Å²) < 4.78 is 39.7. The molecule has 1 fully saturated rings. The summed E-state index contributed by atoms with van der Waals surface area (Å²) in [6.45, 7) is 7.29. The van der Waals surface area contributed by atoms with Crippen LogP contribution in [0.25, 0.3) is 10.8 Å². The molecule has 6 heteroatoms. The highest BCUT2D eigenvalue weighted by Gasteiger charge is 2.33. The molecule has 0 amide bonds. The van der Waals surface area contributed by atoms with E-state index >= 15 is 0 Å². The van der Waals surface area contributed by atoms with Crippen LogP contribution in [0.5, 0.6) is 5.75 Å². The first-order valence-electron chi connectivity index (χ1n) is 9.23. The molecule has 0 bridgehead atoms. The molecule has 0 aromatic heterocycles. The molecular formula is C20H27NO4S. The van der Waals surface area contributed by atoms with Gasteiger partial charge >= 0.3 is 0 Å². The fourth-order valence-corrected chi connectivity index (χ4v) is 5.17. The van der Waals surface area contributed by atoms with Crippen molar-refractivity contribution in [3.05, 3.63) is 36.4 Å². The Bertz CT molecular complexity index is 855. The molecule has 2 atom stereocenters. The van der Waals surface area contributed by atoms with E-state index in [0.717, 1.165) is 24.0 Å². The van der Waals surface area contributed by atoms with E-state index in [0.29, 0.717) is 30.0 Å². The number of sulfonamides is 1. The minimum Gasteiger partial charge on any atom is -0.493 e. The Hall–Kier alpha value is -1.63. The van der Waals surface area contributed by atoms with E-state index in [1.54, 1.807) is 12.1 Å². The van der Waals surface area contributed by atoms with Gasteiger partial charge in [0.1, 0.15) is 5.75 Å². The first kappa shape index (κ1) is 19.1. The van der Waals surface area contributed by atoms with Gasteiger partial charge in [-0.15, -0.1) is 0 Å². The number of unbranched alkanes of at least 4 members (excludes halogenated alkanes) is 1. The van der Waals surface area contributed by atoms with E-state index in [9.17, 15) is 8.42 Å². The molecule has 1 saturated heterocycles. The number of benzene rings is 2. The largest absolute Gasteiger partial charge is 0.493 e. The van der Waals surface area contributed by atoms with Crippen LogP contribution in [0.15, 0.2) is 41.3 Å². The van der Waals surface area contributed by atoms with E-state index in [2.05, 4.69) is 6.92 Å². The van der Waals surface area contributed by atoms with Crippen molar-refractivity contribution in [3.8, 4) is 5.75 Å². The molecule has 5 nitrogen and oxygen atoms in total. The summed E-state index contributed by atoms with van der Waals surface area (Å²) in [6.07, 6.45) is 1.79. The predicted octanol–water partition coefficient (Wildman–Crippen LogP) is 3.82. The summed E-state index contributed by atoms with van der Waals surface area (Å²) in [4.78, 5) is 0.331. The Morgan fingerprint density at radius 3 is 2.38 bits per heavy atom. The Morgan fingerprint density at radius 1 is 1.08 bits per heavy atom. The first-order valence-corrected chi connectivity index (χ1v) is 10.7. The summed E-state index contributed by atoms with van der Waals surface area (Å²) in [7, 11) is -3.60. The molecule has 1 aliphatic rings. The molecule has 0 spiro atoms. The molecule has 0 unspecified atom stereocenters. The van der Waals surface area contributed by atoms with Gasteiger partial charge < -0.3 is 9.47 Å². The summed E-state index contributed by atoms with van der Waals surface area (Å²) in [5.41, 5.74) is 0. The maximum atomic E-state index is 13.3. The average molecular weight is 378 g/mol. The second-order valence-electron chi connectivity index (χ2n) is 6.89. The van der Waals surface area contributed by atoms with Gasteiger partial charge in [0.2, 0.25) is 10.0 Å². The zero-order chi connectivity index (χ0) is 18.7. The van der Waals surface area contributed by atoms with Crippen molar-refractivity contribution in [2.75, 3.05) is 19.7 Å². The van der Waals surface area contributed by atoms with Gasteiger partial charge in [0, 0.05) is 23.9 Å². The summed E-state index contributed by atoms with van der Waals surface area (Å²) in [5.74, 6) is 0.733. The van der Waals surface area contributed by atoms with Crippen LogP contribution >= 0.6 is 0 Å². The van der Waals surface area contributed by atoms with Crippen molar-refractivity contribution in [3.63, 3.8) is 0 Å². The predicted molar refractivity (Wildman–Crippen MR) is 103 cm³/mol. The fraction of sp³-hybridized carbons (Fsp3) is 0.500. The zero-order valence-corrected chi connectivity index (χ0v) is 16.5. The number of ether oxygens (including phenoxy) is 2. The van der Waals surface area contributed by atoms with Crippen molar-refractivity contribution < 1.29 is 17.9 Å². The molecule has 0 saturated carbocycles. The van der Waals surface area contributed by atoms with Gasteiger partial charge in [-0.2, -0.15) is 4.31 Å². The molecule has 3 rings (SSSR count). The number of hydrogen-bond acceptors (Lipinski definition) is 4. The molecule has 0 N–H and O–H groups in total. The molecule has 0 radical (unpaired) electrons. The number of nitrogens with zero attached hydrogens (tertiary/aromatic N) is 1. The Kier molecular flexibility index (Phi) is 5.85. The SMILES string of the molecule is CCCCOc1ccc(S(=O)(=O)N2C[C@@H](C)O[C@@H](C)C2)c2ccccc12. The normalized spacial score (nSPS) is 21.8. The fourth-order valence-electron chi connectivity index (χ4n) is 3.39. The third kappa shape index (κ3) is 3.87. The van der Waals surface area contributed by atoms with Gasteiger partial charge in [-0.05, 0) is 32.4 Å². The number of rotatable bonds is 6. The quantitative estimate of drug-likeness (QED) is 0.718. The topological polar surface area (TPSA) is 55.8 Å². The maximum absolute atomic E-state index is 13.3. The molecular weight excluding hydrogens is 350 g/mol. The molecule has 0 aliphatic carbocycles. The third-order valence-corrected chi connectivity index (χ3v) is 6.49. The van der Waals surface area contributed by atoms with E-state index in [1.807, 2.05) is 38.1 Å². The van der Waals surface area contributed by atoms with Crippen LogP contribution in [-0.4, -0.2) is 44.6 Å². The number of hydrogen-bond donors (Lipinski definition) is 0. The van der Waals surface area contributed by atoms with Gasteiger partial charge in [-0.1, -0.05) is 37.6 Å². The standard InChI is InChI=1S/C20H27NO4S/c1-4-5-12-24-19-10-11-20(18-9-7-6-8-17(18)19)26(22,23)21-13-15(2)25-16(3)14-21/h6-11,15-16H,4-5,12-14H2,1-3H3/t15-,16+. The lowest BCUT2D eigenvalue weighted by molar-refractivity contribution is -0.0440. The second-order valence-corrected chi connectivity index (χ2v) is 8.80. The minimum absolute atomic E-state index is 0.114. The highest BCUT2D eigenvalue weighted by atomic mass is 32.2. The lowest BCUT2D eigenvalue weighted by Gasteiger charge is -2.34. The highest BCUT2D eigenvalue weighted by Crippen LogP contribution is 2.33. The van der Waals surface area contributed by atoms with Gasteiger partial charge in [-0.3, -0.25) is 0 Å². The molecule has 142 valence electrons. The van der Waals surface area contributed by atoms with E-state index in [-0.39, 0.29) is 12.2 Å². The zero-order valence-electron chi connectivity index (χ0n) is 15.6. The minimum atomic E-state index is -3.60. The third-order valence-electron chi connectivity index (χ3n) is 4.60. The number of morpholine rings is 1. The molecule has 1 aliphatic heterocycles. The average Bonchev–Trinajstić information content (AvgIpc) is 2.61. The lowest BCUT2D eigenvalue weighted by atomic mass is 10.1. The van der Waals surface area contributed by atoms with E-state index in [4.69, 9.17) is 9.47 Å². The Balaban J connectivity index is 2.01. The van der Waals surface area contributed by atoms with Crippen LogP contribution in [0.3, 0.4) is 0 Å². The summed E-state index contributed by atoms with van der Waals surface area (Å²) in [6, 6.07) is 11.0. The van der Waals surface area contributed by atoms with Gasteiger partial charge in [-0.25, -0.2) is 8.42 Å². The van der Waals surface area contributed by atoms with Crippen molar-refractivity contribution in [1.29, 1.82) is 0 Å². The van der Waals surface area contributed by atoms with Gasteiger partial charge in [0.15, 0.2) is 0 Å². The van der Waals surface area contributed by atoms with Crippen molar-refractivity contribution >= 4 is 20.8 Å². The van der Waals surface area contributed by atoms with Gasteiger partial charge in [0.25, 0.3) is 0 Å². The van der Waals surface area contributed by atoms with Crippen LogP contribution in [0, 0.1) is 0 Å². The highest BCUT2D eigenvalue weighted by molar-refractivity contribution is 7.89. The van der Waals surface area contributed by atoms with Crippen LogP contribution < -0.4 is 4.74 Å². The van der Waals surface area contributed by atoms with E-state index < -0.39 is 10.0 Å². The van der Waals surface area contributed by atoms with Crippen molar-refractivity contribution in [2.45, 2.75) is 50.7 Å². The van der Waals surface area contributed by atoms with E-state index in [1.165, 1.54) is 4.31 Å². The Labute approximate surface area is 156 Å². The smallest absolute Gasteiger partial charge is 0.243 e. The monoisotopic (exact) mass is 377 g/mol. The van der Waals surface area contributed by atoms with Crippen molar-refractivity contribution in [2.24, 2.45) is 0 Å². The van der Waals surface area contributed by atoms with Crippen molar-refractivity contribution in [1.82, 2.24) is 4.31 Å². The molecule has 26 heavy (non-hydrogen) atoms. The molecule has 2 aromatic rings. The van der Waals surface area contributed by atoms with Gasteiger partial charge in [0.05, 0.1) is 23.7 Å². The first-order chi connectivity index (χ1) is 12.4. The van der Waals surface area contributed by atoms with Crippen LogP contribution in [-0.2, 0) is 14.8 Å². The lowest BCUT2D eigenvalue weighted by Crippen LogP contribution is -2.48. The summed E-state index contributed by atoms with van der Waals surface area (Å²) in [5, 5.41) is 1.53. The molecule has 1 heterocycles. The maximum Gasteiger partial charge on any atom is 0.243 e. The summed E-state index contributed by atoms with van der Waals surface area (Å²) >= 11 is 0. The molecule has 2 aromatic carbocycles. The van der Waals surface area contributed by atoms with Crippen LogP contribution in [0.2, 0.25) is 0 Å².